The molecule has 18 heavy (non-hydrogen) atoms. The molecule has 0 bridgehead atoms. The predicted molar refractivity (Wildman–Crippen MR) is 77.7 cm³/mol. The van der Waals surface area contributed by atoms with Gasteiger partial charge in [0.15, 0.2) is 0 Å². The Morgan fingerprint density at radius 2 is 1.94 bits per heavy atom. The van der Waals surface area contributed by atoms with Gasteiger partial charge in [-0.25, -0.2) is 0 Å². The quantitative estimate of drug-likeness (QED) is 0.878. The highest BCUT2D eigenvalue weighted by Gasteiger charge is 2.24. The lowest BCUT2D eigenvalue weighted by atomic mass is 10.00. The highest BCUT2D eigenvalue weighted by atomic mass is 15.2. The molecule has 0 saturated carbocycles. The second kappa shape index (κ2) is 6.35. The standard InChI is InChI=1S/C16H26N2/c1-13(2)11-14(3)18-10-9-17-16(12-18)15-7-5-4-6-8-15/h4-8,13-14,16-17H,9-12H2,1-3H3. The van der Waals surface area contributed by atoms with Crippen molar-refractivity contribution in [1.82, 2.24) is 10.2 Å². The van der Waals surface area contributed by atoms with Gasteiger partial charge >= 0.3 is 0 Å². The predicted octanol–water partition coefficient (Wildman–Crippen LogP) is 3.07. The molecule has 0 aromatic heterocycles. The summed E-state index contributed by atoms with van der Waals surface area (Å²) in [6.45, 7) is 10.4. The van der Waals surface area contributed by atoms with Gasteiger partial charge in [-0.3, -0.25) is 4.90 Å². The number of hydrogen-bond donors (Lipinski definition) is 1. The Morgan fingerprint density at radius 1 is 1.22 bits per heavy atom. The van der Waals surface area contributed by atoms with Crippen LogP contribution in [0.1, 0.15) is 38.8 Å². The molecule has 1 N–H and O–H groups in total. The lowest BCUT2D eigenvalue weighted by molar-refractivity contribution is 0.138. The summed E-state index contributed by atoms with van der Waals surface area (Å²) >= 11 is 0. The fourth-order valence-electron chi connectivity index (χ4n) is 2.91. The molecule has 2 unspecified atom stereocenters. The van der Waals surface area contributed by atoms with Gasteiger partial charge in [0.1, 0.15) is 0 Å². The minimum atomic E-state index is 0.495. The van der Waals surface area contributed by atoms with Crippen molar-refractivity contribution in [2.24, 2.45) is 5.92 Å². The number of nitrogens with one attached hydrogen (secondary N) is 1. The topological polar surface area (TPSA) is 15.3 Å². The van der Waals surface area contributed by atoms with Crippen molar-refractivity contribution in [2.45, 2.75) is 39.3 Å². The summed E-state index contributed by atoms with van der Waals surface area (Å²) < 4.78 is 0. The van der Waals surface area contributed by atoms with E-state index < -0.39 is 0 Å². The van der Waals surface area contributed by atoms with Gasteiger partial charge in [-0.15, -0.1) is 0 Å². The zero-order valence-electron chi connectivity index (χ0n) is 11.9. The summed E-state index contributed by atoms with van der Waals surface area (Å²) in [5.41, 5.74) is 1.42. The maximum Gasteiger partial charge on any atom is 0.0449 e. The summed E-state index contributed by atoms with van der Waals surface area (Å²) in [6, 6.07) is 12.0. The minimum Gasteiger partial charge on any atom is -0.308 e. The lowest BCUT2D eigenvalue weighted by Gasteiger charge is -2.38. The molecule has 2 nitrogen and oxygen atoms in total. The van der Waals surface area contributed by atoms with E-state index in [9.17, 15) is 0 Å². The van der Waals surface area contributed by atoms with Crippen LogP contribution in [0, 0.1) is 5.92 Å². The van der Waals surface area contributed by atoms with E-state index in [1.807, 2.05) is 0 Å². The van der Waals surface area contributed by atoms with Gasteiger partial charge in [-0.2, -0.15) is 0 Å². The van der Waals surface area contributed by atoms with Crippen molar-refractivity contribution >= 4 is 0 Å². The zero-order valence-corrected chi connectivity index (χ0v) is 11.9. The third-order valence-electron chi connectivity index (χ3n) is 3.84. The van der Waals surface area contributed by atoms with Crippen LogP contribution >= 0.6 is 0 Å². The third-order valence-corrected chi connectivity index (χ3v) is 3.84. The van der Waals surface area contributed by atoms with Crippen molar-refractivity contribution in [1.29, 1.82) is 0 Å². The van der Waals surface area contributed by atoms with Crippen molar-refractivity contribution in [3.8, 4) is 0 Å². The Balaban J connectivity index is 1.96. The first-order chi connectivity index (χ1) is 8.66. The molecule has 1 heterocycles. The molecule has 1 aliphatic rings. The summed E-state index contributed by atoms with van der Waals surface area (Å²) in [7, 11) is 0. The van der Waals surface area contributed by atoms with E-state index in [-0.39, 0.29) is 0 Å². The first-order valence-electron chi connectivity index (χ1n) is 7.19. The Hall–Kier alpha value is -0.860. The van der Waals surface area contributed by atoms with Crippen LogP contribution in [0.3, 0.4) is 0 Å². The molecular weight excluding hydrogens is 220 g/mol. The second-order valence-electron chi connectivity index (χ2n) is 5.89. The molecule has 0 radical (unpaired) electrons. The number of nitrogens with zero attached hydrogens (tertiary/aromatic N) is 1. The van der Waals surface area contributed by atoms with Crippen molar-refractivity contribution in [2.75, 3.05) is 19.6 Å². The smallest absolute Gasteiger partial charge is 0.0449 e. The zero-order chi connectivity index (χ0) is 13.0. The van der Waals surface area contributed by atoms with Crippen LogP contribution < -0.4 is 5.32 Å². The third kappa shape index (κ3) is 3.56. The van der Waals surface area contributed by atoms with Crippen LogP contribution in [0.2, 0.25) is 0 Å². The normalized spacial score (nSPS) is 23.2. The summed E-state index contributed by atoms with van der Waals surface area (Å²) in [5.74, 6) is 0.782. The van der Waals surface area contributed by atoms with Crippen LogP contribution in [0.15, 0.2) is 30.3 Å². The van der Waals surface area contributed by atoms with Crippen molar-refractivity contribution in [3.05, 3.63) is 35.9 Å². The van der Waals surface area contributed by atoms with Gasteiger partial charge in [0.05, 0.1) is 0 Å². The van der Waals surface area contributed by atoms with E-state index in [0.717, 1.165) is 19.0 Å². The van der Waals surface area contributed by atoms with E-state index in [4.69, 9.17) is 0 Å². The van der Waals surface area contributed by atoms with E-state index >= 15 is 0 Å². The molecule has 1 aromatic rings. The van der Waals surface area contributed by atoms with Crippen molar-refractivity contribution < 1.29 is 0 Å². The van der Waals surface area contributed by atoms with E-state index in [1.165, 1.54) is 18.5 Å². The molecule has 2 heteroatoms. The first kappa shape index (κ1) is 13.6. The molecule has 2 rings (SSSR count). The number of rotatable bonds is 4. The molecular formula is C16H26N2. The lowest BCUT2D eigenvalue weighted by Crippen LogP contribution is -2.49. The highest BCUT2D eigenvalue weighted by Crippen LogP contribution is 2.20. The molecule has 1 aliphatic heterocycles. The van der Waals surface area contributed by atoms with Crippen LogP contribution in [-0.2, 0) is 0 Å². The number of piperazine rings is 1. The monoisotopic (exact) mass is 246 g/mol. The second-order valence-corrected chi connectivity index (χ2v) is 5.89. The highest BCUT2D eigenvalue weighted by molar-refractivity contribution is 5.19. The Labute approximate surface area is 111 Å². The Morgan fingerprint density at radius 3 is 2.61 bits per heavy atom. The maximum absolute atomic E-state index is 3.63. The summed E-state index contributed by atoms with van der Waals surface area (Å²) in [5, 5.41) is 3.63. The van der Waals surface area contributed by atoms with Gasteiger partial charge in [0.2, 0.25) is 0 Å². The van der Waals surface area contributed by atoms with Gasteiger partial charge in [-0.05, 0) is 24.8 Å². The fraction of sp³-hybridized carbons (Fsp3) is 0.625. The molecule has 1 fully saturated rings. The van der Waals surface area contributed by atoms with Crippen molar-refractivity contribution in [3.63, 3.8) is 0 Å². The average Bonchev–Trinajstić information content (AvgIpc) is 2.39. The number of hydrogen-bond acceptors (Lipinski definition) is 2. The molecule has 1 saturated heterocycles. The number of benzene rings is 1. The molecule has 0 aliphatic carbocycles. The molecule has 2 atom stereocenters. The van der Waals surface area contributed by atoms with Gasteiger partial charge in [0, 0.05) is 31.7 Å². The van der Waals surface area contributed by atoms with E-state index in [1.54, 1.807) is 0 Å². The Bertz CT molecular complexity index is 347. The molecule has 0 spiro atoms. The fourth-order valence-corrected chi connectivity index (χ4v) is 2.91. The van der Waals surface area contributed by atoms with E-state index in [2.05, 4.69) is 61.3 Å². The minimum absolute atomic E-state index is 0.495. The van der Waals surface area contributed by atoms with Crippen LogP contribution in [0.5, 0.6) is 0 Å². The summed E-state index contributed by atoms with van der Waals surface area (Å²) in [6.07, 6.45) is 1.29. The largest absolute Gasteiger partial charge is 0.308 e. The van der Waals surface area contributed by atoms with E-state index in [0.29, 0.717) is 12.1 Å². The van der Waals surface area contributed by atoms with Crippen LogP contribution in [-0.4, -0.2) is 30.6 Å². The van der Waals surface area contributed by atoms with Gasteiger partial charge in [0.25, 0.3) is 0 Å². The first-order valence-corrected chi connectivity index (χ1v) is 7.19. The Kier molecular flexibility index (Phi) is 4.79. The van der Waals surface area contributed by atoms with Crippen LogP contribution in [0.25, 0.3) is 0 Å². The molecule has 0 amide bonds. The molecule has 100 valence electrons. The van der Waals surface area contributed by atoms with Gasteiger partial charge in [-0.1, -0.05) is 44.2 Å². The van der Waals surface area contributed by atoms with Gasteiger partial charge < -0.3 is 5.32 Å². The maximum atomic E-state index is 3.63. The molecule has 1 aromatic carbocycles. The average molecular weight is 246 g/mol. The van der Waals surface area contributed by atoms with Crippen LogP contribution in [0.4, 0.5) is 0 Å². The summed E-state index contributed by atoms with van der Waals surface area (Å²) in [4.78, 5) is 2.63. The SMILES string of the molecule is CC(C)CC(C)N1CCNC(c2ccccc2)C1.